The number of nitrogens with zero attached hydrogens (tertiary/aromatic N) is 2. The molecule has 1 amide bonds. The van der Waals surface area contributed by atoms with Crippen molar-refractivity contribution >= 4 is 23.1 Å². The fourth-order valence-electron chi connectivity index (χ4n) is 1.53. The number of pyridine rings is 1. The predicted octanol–water partition coefficient (Wildman–Crippen LogP) is 2.00. The van der Waals surface area contributed by atoms with Crippen LogP contribution < -0.4 is 5.73 Å². The monoisotopic (exact) mass is 247 g/mol. The van der Waals surface area contributed by atoms with Crippen molar-refractivity contribution in [2.75, 3.05) is 12.8 Å². The molecule has 0 saturated carbocycles. The summed E-state index contributed by atoms with van der Waals surface area (Å²) in [5.74, 6) is 0.163. The maximum absolute atomic E-state index is 12.1. The normalized spacial score (nSPS) is 10.2. The first kappa shape index (κ1) is 11.6. The van der Waals surface area contributed by atoms with Crippen molar-refractivity contribution in [2.45, 2.75) is 6.54 Å². The van der Waals surface area contributed by atoms with Crippen LogP contribution in [0.15, 0.2) is 35.2 Å². The number of hydrogen-bond donors (Lipinski definition) is 1. The van der Waals surface area contributed by atoms with Gasteiger partial charge in [-0.3, -0.25) is 4.79 Å². The van der Waals surface area contributed by atoms with Crippen molar-refractivity contribution in [3.63, 3.8) is 0 Å². The second-order valence-corrected chi connectivity index (χ2v) is 4.51. The maximum atomic E-state index is 12.1. The standard InChI is InChI=1S/C12H13N3OS/c1-15(7-9-4-6-17-8-9)12(16)10-3-2-5-14-11(10)13/h2-6,8H,7H2,1H3,(H2,13,14). The van der Waals surface area contributed by atoms with Crippen LogP contribution in [-0.2, 0) is 6.54 Å². The summed E-state index contributed by atoms with van der Waals surface area (Å²) < 4.78 is 0. The highest BCUT2D eigenvalue weighted by Crippen LogP contribution is 2.13. The molecule has 0 spiro atoms. The van der Waals surface area contributed by atoms with Crippen LogP contribution in [0.4, 0.5) is 5.82 Å². The van der Waals surface area contributed by atoms with E-state index in [0.29, 0.717) is 12.1 Å². The van der Waals surface area contributed by atoms with Gasteiger partial charge in [0.2, 0.25) is 0 Å². The van der Waals surface area contributed by atoms with E-state index >= 15 is 0 Å². The molecule has 0 bridgehead atoms. The Labute approximate surface area is 104 Å². The Kier molecular flexibility index (Phi) is 3.39. The number of nitrogen functional groups attached to an aromatic ring is 1. The van der Waals surface area contributed by atoms with Gasteiger partial charge in [0.25, 0.3) is 5.91 Å². The highest BCUT2D eigenvalue weighted by Gasteiger charge is 2.15. The van der Waals surface area contributed by atoms with Crippen LogP contribution in [0.1, 0.15) is 15.9 Å². The number of amides is 1. The van der Waals surface area contributed by atoms with Crippen molar-refractivity contribution in [3.8, 4) is 0 Å². The van der Waals surface area contributed by atoms with Crippen LogP contribution in [0.3, 0.4) is 0 Å². The van der Waals surface area contributed by atoms with Crippen LogP contribution in [0, 0.1) is 0 Å². The first-order valence-corrected chi connectivity index (χ1v) is 6.10. The molecule has 0 radical (unpaired) electrons. The number of carbonyl (C=O) groups excluding carboxylic acids is 1. The summed E-state index contributed by atoms with van der Waals surface area (Å²) >= 11 is 1.62. The maximum Gasteiger partial charge on any atom is 0.257 e. The van der Waals surface area contributed by atoms with Crippen LogP contribution >= 0.6 is 11.3 Å². The summed E-state index contributed by atoms with van der Waals surface area (Å²) in [5, 5.41) is 4.02. The smallest absolute Gasteiger partial charge is 0.257 e. The lowest BCUT2D eigenvalue weighted by Gasteiger charge is -2.17. The zero-order valence-corrected chi connectivity index (χ0v) is 10.3. The average molecular weight is 247 g/mol. The van der Waals surface area contributed by atoms with Crippen molar-refractivity contribution in [3.05, 3.63) is 46.3 Å². The highest BCUT2D eigenvalue weighted by atomic mass is 32.1. The van der Waals surface area contributed by atoms with E-state index in [2.05, 4.69) is 4.98 Å². The van der Waals surface area contributed by atoms with Crippen molar-refractivity contribution < 1.29 is 4.79 Å². The van der Waals surface area contributed by atoms with Gasteiger partial charge in [-0.25, -0.2) is 4.98 Å². The molecule has 0 unspecified atom stereocenters. The van der Waals surface area contributed by atoms with Crippen molar-refractivity contribution in [1.82, 2.24) is 9.88 Å². The Bertz CT molecular complexity index is 510. The average Bonchev–Trinajstić information content (AvgIpc) is 2.81. The van der Waals surface area contributed by atoms with Crippen LogP contribution in [0.2, 0.25) is 0 Å². The van der Waals surface area contributed by atoms with Gasteiger partial charge in [0.1, 0.15) is 5.82 Å². The molecule has 0 fully saturated rings. The van der Waals surface area contributed by atoms with Gasteiger partial charge in [-0.2, -0.15) is 11.3 Å². The zero-order valence-electron chi connectivity index (χ0n) is 9.46. The third-order valence-corrected chi connectivity index (χ3v) is 3.15. The van der Waals surface area contributed by atoms with Gasteiger partial charge in [0.15, 0.2) is 0 Å². The third-order valence-electron chi connectivity index (χ3n) is 2.42. The molecule has 0 aliphatic carbocycles. The molecule has 5 heteroatoms. The second-order valence-electron chi connectivity index (χ2n) is 3.73. The number of aromatic nitrogens is 1. The van der Waals surface area contributed by atoms with E-state index in [1.807, 2.05) is 16.8 Å². The van der Waals surface area contributed by atoms with E-state index in [9.17, 15) is 4.79 Å². The molecule has 88 valence electrons. The minimum Gasteiger partial charge on any atom is -0.383 e. The fraction of sp³-hybridized carbons (Fsp3) is 0.167. The van der Waals surface area contributed by atoms with Crippen molar-refractivity contribution in [1.29, 1.82) is 0 Å². The van der Waals surface area contributed by atoms with Gasteiger partial charge in [0.05, 0.1) is 5.56 Å². The van der Waals surface area contributed by atoms with E-state index in [1.165, 1.54) is 0 Å². The zero-order chi connectivity index (χ0) is 12.3. The molecule has 17 heavy (non-hydrogen) atoms. The number of anilines is 1. The first-order chi connectivity index (χ1) is 8.18. The summed E-state index contributed by atoms with van der Waals surface area (Å²) in [5.41, 5.74) is 7.24. The van der Waals surface area contributed by atoms with Crippen molar-refractivity contribution in [2.24, 2.45) is 0 Å². The number of nitrogens with two attached hydrogens (primary N) is 1. The highest BCUT2D eigenvalue weighted by molar-refractivity contribution is 7.07. The Morgan fingerprint density at radius 2 is 2.35 bits per heavy atom. The van der Waals surface area contributed by atoms with Gasteiger partial charge < -0.3 is 10.6 Å². The molecule has 2 aromatic heterocycles. The SMILES string of the molecule is CN(Cc1ccsc1)C(=O)c1cccnc1N. The van der Waals surface area contributed by atoms with E-state index in [4.69, 9.17) is 5.73 Å². The van der Waals surface area contributed by atoms with E-state index in [-0.39, 0.29) is 11.7 Å². The van der Waals surface area contributed by atoms with Crippen LogP contribution in [0.5, 0.6) is 0 Å². The summed E-state index contributed by atoms with van der Waals surface area (Å²) in [6, 6.07) is 5.40. The largest absolute Gasteiger partial charge is 0.383 e. The lowest BCUT2D eigenvalue weighted by molar-refractivity contribution is 0.0786. The second kappa shape index (κ2) is 4.97. The van der Waals surface area contributed by atoms with Crippen LogP contribution in [-0.4, -0.2) is 22.8 Å². The molecule has 0 aliphatic rings. The molecule has 2 heterocycles. The number of rotatable bonds is 3. The Balaban J connectivity index is 2.13. The number of thiophene rings is 1. The minimum absolute atomic E-state index is 0.109. The molecule has 2 N–H and O–H groups in total. The first-order valence-electron chi connectivity index (χ1n) is 5.15. The minimum atomic E-state index is -0.109. The van der Waals surface area contributed by atoms with Crippen LogP contribution in [0.25, 0.3) is 0 Å². The molecule has 0 saturated heterocycles. The Morgan fingerprint density at radius 1 is 1.53 bits per heavy atom. The van der Waals surface area contributed by atoms with Gasteiger partial charge in [0, 0.05) is 19.8 Å². The Morgan fingerprint density at radius 3 is 3.00 bits per heavy atom. The lowest BCUT2D eigenvalue weighted by atomic mass is 10.2. The molecular formula is C12H13N3OS. The molecule has 4 nitrogen and oxygen atoms in total. The summed E-state index contributed by atoms with van der Waals surface area (Å²) in [6.07, 6.45) is 1.57. The molecule has 0 atom stereocenters. The van der Waals surface area contributed by atoms with E-state index < -0.39 is 0 Å². The Hall–Kier alpha value is -1.88. The molecule has 0 aliphatic heterocycles. The topological polar surface area (TPSA) is 59.2 Å². The van der Waals surface area contributed by atoms with E-state index in [0.717, 1.165) is 5.56 Å². The molecule has 0 aromatic carbocycles. The lowest BCUT2D eigenvalue weighted by Crippen LogP contribution is -2.27. The number of hydrogen-bond acceptors (Lipinski definition) is 4. The van der Waals surface area contributed by atoms with Gasteiger partial charge in [-0.05, 0) is 34.5 Å². The van der Waals surface area contributed by atoms with E-state index in [1.54, 1.807) is 41.6 Å². The quantitative estimate of drug-likeness (QED) is 0.902. The molecule has 2 rings (SSSR count). The third kappa shape index (κ3) is 2.62. The predicted molar refractivity (Wildman–Crippen MR) is 68.8 cm³/mol. The molecular weight excluding hydrogens is 234 g/mol. The fourth-order valence-corrected chi connectivity index (χ4v) is 2.19. The number of carbonyl (C=O) groups is 1. The van der Waals surface area contributed by atoms with Gasteiger partial charge in [-0.15, -0.1) is 0 Å². The van der Waals surface area contributed by atoms with Gasteiger partial charge in [-0.1, -0.05) is 0 Å². The molecule has 2 aromatic rings. The summed E-state index contributed by atoms with van der Waals surface area (Å²) in [6.45, 7) is 0.580. The summed E-state index contributed by atoms with van der Waals surface area (Å²) in [7, 11) is 1.76. The van der Waals surface area contributed by atoms with Gasteiger partial charge >= 0.3 is 0 Å². The summed E-state index contributed by atoms with van der Waals surface area (Å²) in [4.78, 5) is 17.6.